The second kappa shape index (κ2) is 7.88. The van der Waals surface area contributed by atoms with Crippen molar-refractivity contribution >= 4 is 11.8 Å². The van der Waals surface area contributed by atoms with Gasteiger partial charge in [-0.3, -0.25) is 4.79 Å². The van der Waals surface area contributed by atoms with E-state index in [9.17, 15) is 14.9 Å². The van der Waals surface area contributed by atoms with Crippen molar-refractivity contribution in [1.29, 1.82) is 5.26 Å². The fourth-order valence-corrected chi connectivity index (χ4v) is 4.13. The zero-order chi connectivity index (χ0) is 21.3. The summed E-state index contributed by atoms with van der Waals surface area (Å²) in [6, 6.07) is 18.6. The van der Waals surface area contributed by atoms with Crippen LogP contribution in [0.3, 0.4) is 0 Å². The van der Waals surface area contributed by atoms with Crippen LogP contribution in [0.1, 0.15) is 46.2 Å². The molecule has 0 aromatic heterocycles. The summed E-state index contributed by atoms with van der Waals surface area (Å²) in [6.45, 7) is 0. The molecule has 0 saturated carbocycles. The molecule has 2 atom stereocenters. The number of allylic oxidation sites excluding steroid dienone is 3. The molecule has 0 bridgehead atoms. The summed E-state index contributed by atoms with van der Waals surface area (Å²) in [4.78, 5) is 24.9. The van der Waals surface area contributed by atoms with Crippen molar-refractivity contribution in [2.45, 2.75) is 24.7 Å². The fourth-order valence-electron chi connectivity index (χ4n) is 4.13. The number of esters is 1. The monoisotopic (exact) mass is 400 g/mol. The Labute approximate surface area is 174 Å². The van der Waals surface area contributed by atoms with Crippen molar-refractivity contribution in [3.63, 3.8) is 0 Å². The summed E-state index contributed by atoms with van der Waals surface area (Å²) in [6.07, 6.45) is 0.864. The Balaban J connectivity index is 1.75. The van der Waals surface area contributed by atoms with Crippen LogP contribution in [0, 0.1) is 11.3 Å². The van der Waals surface area contributed by atoms with Gasteiger partial charge in [-0.25, -0.2) is 4.79 Å². The molecule has 0 unspecified atom stereocenters. The molecule has 4 rings (SSSR count). The molecule has 0 spiro atoms. The van der Waals surface area contributed by atoms with Gasteiger partial charge < -0.3 is 15.2 Å². The number of nitrogens with two attached hydrogens (primary N) is 1. The van der Waals surface area contributed by atoms with Gasteiger partial charge >= 0.3 is 5.97 Å². The quantitative estimate of drug-likeness (QED) is 0.789. The number of hydrogen-bond acceptors (Lipinski definition) is 6. The summed E-state index contributed by atoms with van der Waals surface area (Å²) in [5.74, 6) is -0.611. The van der Waals surface area contributed by atoms with E-state index in [4.69, 9.17) is 15.2 Å². The number of benzene rings is 2. The number of ether oxygens (including phenoxy) is 2. The Morgan fingerprint density at radius 1 is 1.10 bits per heavy atom. The van der Waals surface area contributed by atoms with Crippen LogP contribution in [0.2, 0.25) is 0 Å². The minimum absolute atomic E-state index is 0.00349. The molecule has 2 aromatic carbocycles. The highest BCUT2D eigenvalue weighted by Crippen LogP contribution is 2.46. The van der Waals surface area contributed by atoms with E-state index in [1.165, 1.54) is 7.11 Å². The number of ketones is 1. The Kier molecular flexibility index (Phi) is 5.11. The van der Waals surface area contributed by atoms with Gasteiger partial charge in [0.25, 0.3) is 0 Å². The molecule has 1 heterocycles. The molecular formula is C24H20N2O4. The Morgan fingerprint density at radius 2 is 1.80 bits per heavy atom. The van der Waals surface area contributed by atoms with Gasteiger partial charge in [-0.05, 0) is 29.2 Å². The minimum atomic E-state index is -0.616. The van der Waals surface area contributed by atoms with Gasteiger partial charge in [-0.1, -0.05) is 42.5 Å². The first kappa shape index (κ1) is 19.5. The van der Waals surface area contributed by atoms with Crippen molar-refractivity contribution in [3.8, 4) is 6.07 Å². The first-order valence-electron chi connectivity index (χ1n) is 9.60. The third kappa shape index (κ3) is 3.35. The van der Waals surface area contributed by atoms with E-state index in [1.807, 2.05) is 30.3 Å². The fraction of sp³-hybridized carbons (Fsp3) is 0.208. The molecule has 150 valence electrons. The van der Waals surface area contributed by atoms with E-state index in [1.54, 1.807) is 24.3 Å². The average molecular weight is 400 g/mol. The molecule has 0 fully saturated rings. The van der Waals surface area contributed by atoms with Gasteiger partial charge in [0.2, 0.25) is 5.88 Å². The van der Waals surface area contributed by atoms with Crippen molar-refractivity contribution < 1.29 is 19.1 Å². The Hall–Kier alpha value is -3.85. The highest BCUT2D eigenvalue weighted by molar-refractivity contribution is 6.00. The Morgan fingerprint density at radius 3 is 2.43 bits per heavy atom. The van der Waals surface area contributed by atoms with E-state index in [0.717, 1.165) is 5.56 Å². The molecule has 0 amide bonds. The number of carbonyl (C=O) groups excluding carboxylic acids is 2. The predicted molar refractivity (Wildman–Crippen MR) is 109 cm³/mol. The van der Waals surface area contributed by atoms with E-state index in [0.29, 0.717) is 35.3 Å². The van der Waals surface area contributed by atoms with Crippen LogP contribution in [0.4, 0.5) is 0 Å². The van der Waals surface area contributed by atoms with Crippen LogP contribution < -0.4 is 5.73 Å². The number of rotatable bonds is 3. The standard InChI is InChI=1S/C24H20N2O4/c1-29-24(28)16-9-7-15(8-10-16)21-18(13-25)23(26)30-20-12-17(11-19(27)22(20)21)14-5-3-2-4-6-14/h2-10,17,21H,11-12,26H2,1H3/t17-,21+/m1/s1. The number of nitrogens with zero attached hydrogens (tertiary/aromatic N) is 1. The van der Waals surface area contributed by atoms with Gasteiger partial charge in [-0.15, -0.1) is 0 Å². The number of carbonyl (C=O) groups is 2. The smallest absolute Gasteiger partial charge is 0.337 e. The van der Waals surface area contributed by atoms with E-state index in [-0.39, 0.29) is 23.2 Å². The largest absolute Gasteiger partial charge is 0.465 e. The van der Waals surface area contributed by atoms with Crippen LogP contribution in [0.15, 0.2) is 77.4 Å². The molecule has 1 aliphatic heterocycles. The first-order chi connectivity index (χ1) is 14.5. The minimum Gasteiger partial charge on any atom is -0.465 e. The maximum absolute atomic E-state index is 13.2. The molecule has 30 heavy (non-hydrogen) atoms. The van der Waals surface area contributed by atoms with Gasteiger partial charge in [0.05, 0.1) is 18.6 Å². The molecule has 0 radical (unpaired) electrons. The van der Waals surface area contributed by atoms with E-state index in [2.05, 4.69) is 6.07 Å². The van der Waals surface area contributed by atoms with Crippen LogP contribution in [0.5, 0.6) is 0 Å². The second-order valence-electron chi connectivity index (χ2n) is 7.31. The SMILES string of the molecule is COC(=O)c1ccc([C@H]2C(C#N)=C(N)OC3=C2C(=O)C[C@@H](c2ccccc2)C3)cc1. The third-order valence-electron chi connectivity index (χ3n) is 5.60. The van der Waals surface area contributed by atoms with Crippen molar-refractivity contribution in [3.05, 3.63) is 94.1 Å². The van der Waals surface area contributed by atoms with Crippen molar-refractivity contribution in [1.82, 2.24) is 0 Å². The number of methoxy groups -OCH3 is 1. The predicted octanol–water partition coefficient (Wildman–Crippen LogP) is 3.68. The summed E-state index contributed by atoms with van der Waals surface area (Å²) in [7, 11) is 1.31. The normalized spacial score (nSPS) is 20.9. The van der Waals surface area contributed by atoms with Gasteiger partial charge in [0, 0.05) is 18.4 Å². The molecule has 2 N–H and O–H groups in total. The first-order valence-corrected chi connectivity index (χ1v) is 9.60. The highest BCUT2D eigenvalue weighted by atomic mass is 16.5. The highest BCUT2D eigenvalue weighted by Gasteiger charge is 2.40. The van der Waals surface area contributed by atoms with Crippen LogP contribution >= 0.6 is 0 Å². The van der Waals surface area contributed by atoms with Gasteiger partial charge in [0.1, 0.15) is 17.4 Å². The van der Waals surface area contributed by atoms with Crippen molar-refractivity contribution in [2.75, 3.05) is 7.11 Å². The average Bonchev–Trinajstić information content (AvgIpc) is 2.78. The number of nitriles is 1. The summed E-state index contributed by atoms with van der Waals surface area (Å²) in [5.41, 5.74) is 8.89. The second-order valence-corrected chi connectivity index (χ2v) is 7.31. The Bertz CT molecular complexity index is 1110. The third-order valence-corrected chi connectivity index (χ3v) is 5.60. The molecule has 1 aliphatic carbocycles. The lowest BCUT2D eigenvalue weighted by atomic mass is 9.73. The topological polar surface area (TPSA) is 102 Å². The summed E-state index contributed by atoms with van der Waals surface area (Å²) in [5, 5.41) is 9.70. The molecule has 2 aliphatic rings. The maximum Gasteiger partial charge on any atom is 0.337 e. The molecular weight excluding hydrogens is 380 g/mol. The van der Waals surface area contributed by atoms with Crippen LogP contribution in [0.25, 0.3) is 0 Å². The van der Waals surface area contributed by atoms with Crippen LogP contribution in [-0.4, -0.2) is 18.9 Å². The zero-order valence-corrected chi connectivity index (χ0v) is 16.4. The summed E-state index contributed by atoms with van der Waals surface area (Å²) < 4.78 is 10.5. The molecule has 6 heteroatoms. The van der Waals surface area contributed by atoms with Gasteiger partial charge in [0.15, 0.2) is 5.78 Å². The van der Waals surface area contributed by atoms with Crippen LogP contribution in [-0.2, 0) is 14.3 Å². The van der Waals surface area contributed by atoms with E-state index >= 15 is 0 Å². The van der Waals surface area contributed by atoms with E-state index < -0.39 is 11.9 Å². The van der Waals surface area contributed by atoms with Gasteiger partial charge in [-0.2, -0.15) is 5.26 Å². The zero-order valence-electron chi connectivity index (χ0n) is 16.4. The van der Waals surface area contributed by atoms with Crippen molar-refractivity contribution in [2.24, 2.45) is 5.73 Å². The lowest BCUT2D eigenvalue weighted by Crippen LogP contribution is -2.29. The summed E-state index contributed by atoms with van der Waals surface area (Å²) >= 11 is 0. The molecule has 2 aromatic rings. The lowest BCUT2D eigenvalue weighted by molar-refractivity contribution is -0.117. The molecule has 6 nitrogen and oxygen atoms in total. The molecule has 0 saturated heterocycles. The number of Topliss-reactive ketones (excluding diaryl/α,β-unsaturated/α-hetero) is 1. The lowest BCUT2D eigenvalue weighted by Gasteiger charge is -2.34. The maximum atomic E-state index is 13.2. The number of hydrogen-bond donors (Lipinski definition) is 1.